The fourth-order valence-electron chi connectivity index (χ4n) is 15.3. The van der Waals surface area contributed by atoms with Crippen LogP contribution in [-0.2, 0) is 32.5 Å². The molecule has 0 amide bonds. The largest absolute Gasteiger partial charge is 0.461 e. The Balaban J connectivity index is 1.32. The van der Waals surface area contributed by atoms with Crippen LogP contribution < -0.4 is 42.3 Å². The Morgan fingerprint density at radius 1 is 0.352 bits per heavy atom. The van der Waals surface area contributed by atoms with Crippen LogP contribution in [-0.4, -0.2) is 13.4 Å². The number of nitrogens with zero attached hydrogens (tertiary/aromatic N) is 4. The van der Waals surface area contributed by atoms with Crippen LogP contribution in [0.25, 0.3) is 86.5 Å². The summed E-state index contributed by atoms with van der Waals surface area (Å²) in [7, 11) is 0. The van der Waals surface area contributed by atoms with Gasteiger partial charge < -0.3 is 9.47 Å². The van der Waals surface area contributed by atoms with Crippen molar-refractivity contribution in [3.63, 3.8) is 0 Å². The van der Waals surface area contributed by atoms with Gasteiger partial charge in [0.2, 0.25) is 0 Å². The van der Waals surface area contributed by atoms with E-state index in [0.29, 0.717) is 45.5 Å². The van der Waals surface area contributed by atoms with E-state index < -0.39 is 0 Å². The van der Waals surface area contributed by atoms with E-state index in [4.69, 9.17) is 22.6 Å². The minimum Gasteiger partial charge on any atom is -0.461 e. The molecule has 0 bridgehead atoms. The fraction of sp³-hybridized carbons (Fsp3) is 0.300. The van der Waals surface area contributed by atoms with Gasteiger partial charge in [0.1, 0.15) is 23.0 Å². The summed E-state index contributed by atoms with van der Waals surface area (Å²) in [5.74, 6) is 2.49. The highest BCUT2D eigenvalue weighted by molar-refractivity contribution is 7.01. The van der Waals surface area contributed by atoms with Gasteiger partial charge in [-0.15, -0.1) is 0 Å². The Kier molecular flexibility index (Phi) is 11.8. The molecule has 0 spiro atoms. The van der Waals surface area contributed by atoms with Gasteiger partial charge in [-0.1, -0.05) is 190 Å². The van der Waals surface area contributed by atoms with Crippen molar-refractivity contribution >= 4 is 89.9 Å². The monoisotopic (exact) mass is 1140 g/mol. The lowest BCUT2D eigenvalue weighted by molar-refractivity contribution is 0.487. The van der Waals surface area contributed by atoms with Crippen LogP contribution in [0, 0.1) is 35.8 Å². The summed E-state index contributed by atoms with van der Waals surface area (Å²) < 4.78 is 14.0. The predicted molar refractivity (Wildman–Crippen MR) is 368 cm³/mol. The van der Waals surface area contributed by atoms with Crippen molar-refractivity contribution in [2.75, 3.05) is 0 Å². The molecule has 4 aliphatic rings. The van der Waals surface area contributed by atoms with Gasteiger partial charge in [-0.25, -0.2) is 9.69 Å². The van der Waals surface area contributed by atoms with Crippen molar-refractivity contribution in [1.29, 1.82) is 10.5 Å². The molecule has 0 saturated carbocycles. The summed E-state index contributed by atoms with van der Waals surface area (Å²) >= 11 is 0. The van der Waals surface area contributed by atoms with Crippen LogP contribution in [0.1, 0.15) is 169 Å². The molecule has 4 aliphatic heterocycles. The molecule has 0 saturated heterocycles. The Labute approximate surface area is 520 Å². The molecular formula is C80H72B2N4O2. The van der Waals surface area contributed by atoms with Gasteiger partial charge in [-0.05, 0) is 219 Å². The second kappa shape index (κ2) is 18.3. The van der Waals surface area contributed by atoms with Gasteiger partial charge in [-0.2, -0.15) is 10.5 Å². The third kappa shape index (κ3) is 8.17. The third-order valence-corrected chi connectivity index (χ3v) is 19.6. The minimum absolute atomic E-state index is 0.152. The standard InChI is InChI=1S/C80H72B2N4O2/c1-75(2,3)43-28-55(77(7,8)9)67(56(29-43)78(10,11)12)47-35-49-53-25-42(40-84)27-65-73(53)81(59-23-21-41(39-83)26-63(59)87-65)61-37-52-48(68-57(79(13,14)15)30-44(76(4,5)6)31-58(68)80(16,17)18)36-50-54-32-46(86-20)34-66-74(54)82(60-24-22-45(85-19)33-64(60)88-66)62-38-51(47)71(69(49)61)72(52)70(50)62/h21-38H,1-18H3. The fourth-order valence-corrected chi connectivity index (χ4v) is 15.3. The number of hydrogen-bond acceptors (Lipinski definition) is 4. The van der Waals surface area contributed by atoms with Crippen LogP contribution in [0.5, 0.6) is 23.0 Å². The lowest BCUT2D eigenvalue weighted by atomic mass is 9.31. The Hall–Kier alpha value is -9.07. The van der Waals surface area contributed by atoms with E-state index >= 15 is 0 Å². The summed E-state index contributed by atoms with van der Waals surface area (Å²) in [6, 6.07) is 44.6. The molecule has 430 valence electrons. The number of benzene rings is 10. The van der Waals surface area contributed by atoms with Crippen LogP contribution in [0.3, 0.4) is 0 Å². The first-order valence-corrected chi connectivity index (χ1v) is 31.0. The highest BCUT2D eigenvalue weighted by Gasteiger charge is 2.46. The van der Waals surface area contributed by atoms with E-state index in [-0.39, 0.29) is 45.9 Å². The Bertz CT molecular complexity index is 4640. The van der Waals surface area contributed by atoms with E-state index in [1.165, 1.54) is 44.5 Å². The quantitative estimate of drug-likeness (QED) is 0.0982. The van der Waals surface area contributed by atoms with Gasteiger partial charge in [0.15, 0.2) is 11.4 Å². The molecule has 6 nitrogen and oxygen atoms in total. The van der Waals surface area contributed by atoms with Crippen molar-refractivity contribution in [2.45, 2.75) is 157 Å². The summed E-state index contributed by atoms with van der Waals surface area (Å²) in [6.07, 6.45) is 0. The molecule has 8 heteroatoms. The van der Waals surface area contributed by atoms with E-state index in [1.54, 1.807) is 0 Å². The lowest BCUT2D eigenvalue weighted by Gasteiger charge is -2.39. The maximum Gasteiger partial charge on any atom is 0.252 e. The van der Waals surface area contributed by atoms with Crippen molar-refractivity contribution < 1.29 is 9.47 Å². The van der Waals surface area contributed by atoms with Crippen molar-refractivity contribution in [3.8, 4) is 79.6 Å². The van der Waals surface area contributed by atoms with E-state index in [0.717, 1.165) is 98.5 Å². The minimum atomic E-state index is -0.337. The first kappa shape index (κ1) is 56.7. The first-order valence-electron chi connectivity index (χ1n) is 31.0. The average molecular weight is 1140 g/mol. The van der Waals surface area contributed by atoms with Gasteiger partial charge in [0.05, 0.1) is 36.4 Å². The molecule has 0 radical (unpaired) electrons. The summed E-state index contributed by atoms with van der Waals surface area (Å²) in [5, 5.41) is 28.3. The summed E-state index contributed by atoms with van der Waals surface area (Å²) in [6.45, 7) is 58.3. The number of fused-ring (bicyclic) bond motifs is 8. The maximum atomic E-state index is 11.1. The molecule has 0 aliphatic carbocycles. The van der Waals surface area contributed by atoms with Gasteiger partial charge in [-0.3, -0.25) is 0 Å². The second-order valence-electron chi connectivity index (χ2n) is 31.7. The van der Waals surface area contributed by atoms with Crippen LogP contribution in [0.4, 0.5) is 11.4 Å². The molecule has 0 atom stereocenters. The molecule has 0 aromatic heterocycles. The summed E-state index contributed by atoms with van der Waals surface area (Å²) in [4.78, 5) is 8.06. The highest BCUT2D eigenvalue weighted by atomic mass is 16.5. The molecule has 14 rings (SSSR count). The molecule has 4 heterocycles. The third-order valence-electron chi connectivity index (χ3n) is 19.6. The molecule has 10 aromatic rings. The van der Waals surface area contributed by atoms with E-state index in [1.807, 2.05) is 36.4 Å². The molecule has 0 N–H and O–H groups in total. The van der Waals surface area contributed by atoms with E-state index in [9.17, 15) is 10.5 Å². The molecule has 0 fully saturated rings. The second-order valence-corrected chi connectivity index (χ2v) is 31.7. The molecule has 0 unspecified atom stereocenters. The topological polar surface area (TPSA) is 74.8 Å². The Morgan fingerprint density at radius 2 is 0.739 bits per heavy atom. The zero-order chi connectivity index (χ0) is 62.8. The number of ether oxygens (including phenoxy) is 2. The van der Waals surface area contributed by atoms with Crippen LogP contribution >= 0.6 is 0 Å². The van der Waals surface area contributed by atoms with Gasteiger partial charge in [0, 0.05) is 0 Å². The van der Waals surface area contributed by atoms with E-state index in [2.05, 4.69) is 219 Å². The zero-order valence-electron chi connectivity index (χ0n) is 54.2. The molecular weight excluding hydrogens is 1070 g/mol. The smallest absolute Gasteiger partial charge is 0.252 e. The van der Waals surface area contributed by atoms with Crippen LogP contribution in [0.2, 0.25) is 0 Å². The summed E-state index contributed by atoms with van der Waals surface area (Å²) in [5.41, 5.74) is 23.0. The number of hydrogen-bond donors (Lipinski definition) is 0. The number of nitriles is 2. The van der Waals surface area contributed by atoms with Crippen LogP contribution in [0.15, 0.2) is 109 Å². The van der Waals surface area contributed by atoms with Gasteiger partial charge >= 0.3 is 0 Å². The number of rotatable bonds is 2. The van der Waals surface area contributed by atoms with Crippen molar-refractivity contribution in [3.05, 3.63) is 177 Å². The lowest BCUT2D eigenvalue weighted by Crippen LogP contribution is -2.58. The van der Waals surface area contributed by atoms with Gasteiger partial charge in [0.25, 0.3) is 13.4 Å². The first-order chi connectivity index (χ1) is 41.2. The molecule has 10 aromatic carbocycles. The normalized spacial score (nSPS) is 13.9. The zero-order valence-corrected chi connectivity index (χ0v) is 54.2. The SMILES string of the molecule is [C-]#[N+]c1ccc2c(c1)Oc1cc([N+]#[C-])cc3c1B2c1cc2c(-c4c(C(C)(C)C)cc(C(C)(C)C)cc4C(C)(C)C)cc4c5c(cc6c(-c7c(C(C)(C)C)cc(C(C)(C)C)cc7C(C)(C)C)cc-3c1c6c25)B1c2ccc(C#N)cc2Oc2cc(C#N)cc-4c21. The predicted octanol–water partition coefficient (Wildman–Crippen LogP) is 17.8. The molecule has 88 heavy (non-hydrogen) atoms. The highest BCUT2D eigenvalue weighted by Crippen LogP contribution is 2.56. The van der Waals surface area contributed by atoms with Crippen molar-refractivity contribution in [1.82, 2.24) is 0 Å². The maximum absolute atomic E-state index is 11.1. The van der Waals surface area contributed by atoms with Crippen molar-refractivity contribution in [2.24, 2.45) is 0 Å². The average Bonchev–Trinajstić information content (AvgIpc) is 0.668. The Morgan fingerprint density at radius 3 is 1.15 bits per heavy atom.